The van der Waals surface area contributed by atoms with Crippen molar-refractivity contribution in [2.75, 3.05) is 6.61 Å². The Morgan fingerprint density at radius 1 is 1.00 bits per heavy atom. The Bertz CT molecular complexity index is 1240. The SMILES string of the molecule is CCOC(=O)C(O)c1ccc(-c2cc3ccccc3c3ccccc23)[nH]c1=O. The highest BCUT2D eigenvalue weighted by Crippen LogP contribution is 2.33. The van der Waals surface area contributed by atoms with E-state index in [-0.39, 0.29) is 12.2 Å². The van der Waals surface area contributed by atoms with Crippen LogP contribution in [0.2, 0.25) is 0 Å². The van der Waals surface area contributed by atoms with E-state index in [1.165, 1.54) is 6.07 Å². The van der Waals surface area contributed by atoms with Crippen molar-refractivity contribution in [3.63, 3.8) is 0 Å². The smallest absolute Gasteiger partial charge is 0.339 e. The predicted molar refractivity (Wildman–Crippen MR) is 109 cm³/mol. The van der Waals surface area contributed by atoms with Gasteiger partial charge < -0.3 is 14.8 Å². The fourth-order valence-electron chi connectivity index (χ4n) is 3.48. The average molecular weight is 373 g/mol. The minimum atomic E-state index is -1.61. The number of benzene rings is 3. The largest absolute Gasteiger partial charge is 0.464 e. The molecular weight excluding hydrogens is 354 g/mol. The molecule has 1 heterocycles. The zero-order chi connectivity index (χ0) is 19.7. The Balaban J connectivity index is 1.87. The second-order valence-corrected chi connectivity index (χ2v) is 6.50. The van der Waals surface area contributed by atoms with Crippen LogP contribution in [0.25, 0.3) is 32.8 Å². The van der Waals surface area contributed by atoms with E-state index in [4.69, 9.17) is 4.74 Å². The van der Waals surface area contributed by atoms with Crippen LogP contribution in [-0.4, -0.2) is 22.7 Å². The number of carbonyl (C=O) groups is 1. The van der Waals surface area contributed by atoms with Crippen LogP contribution < -0.4 is 5.56 Å². The third-order valence-corrected chi connectivity index (χ3v) is 4.80. The monoisotopic (exact) mass is 373 g/mol. The molecule has 28 heavy (non-hydrogen) atoms. The van der Waals surface area contributed by atoms with Crippen molar-refractivity contribution in [1.82, 2.24) is 4.98 Å². The first-order valence-corrected chi connectivity index (χ1v) is 9.09. The second kappa shape index (κ2) is 7.29. The van der Waals surface area contributed by atoms with Crippen molar-refractivity contribution in [3.8, 4) is 11.3 Å². The number of carbonyl (C=O) groups excluding carboxylic acids is 1. The van der Waals surface area contributed by atoms with Gasteiger partial charge in [-0.05, 0) is 46.7 Å². The van der Waals surface area contributed by atoms with Gasteiger partial charge in [-0.25, -0.2) is 4.79 Å². The number of aromatic nitrogens is 1. The van der Waals surface area contributed by atoms with Crippen LogP contribution in [0.3, 0.4) is 0 Å². The molecule has 0 aliphatic rings. The van der Waals surface area contributed by atoms with Crippen molar-refractivity contribution >= 4 is 27.5 Å². The molecule has 4 aromatic rings. The summed E-state index contributed by atoms with van der Waals surface area (Å²) in [4.78, 5) is 27.1. The van der Waals surface area contributed by atoms with Crippen molar-refractivity contribution in [2.45, 2.75) is 13.0 Å². The standard InChI is InChI=1S/C23H19NO4/c1-2-28-23(27)21(25)18-11-12-20(24-22(18)26)19-13-14-7-3-4-8-15(14)16-9-5-6-10-17(16)19/h3-13,21,25H,2H2,1H3,(H,24,26). The number of hydrogen-bond acceptors (Lipinski definition) is 4. The maximum Gasteiger partial charge on any atom is 0.339 e. The topological polar surface area (TPSA) is 79.4 Å². The van der Waals surface area contributed by atoms with Crippen LogP contribution >= 0.6 is 0 Å². The molecule has 2 N–H and O–H groups in total. The van der Waals surface area contributed by atoms with Gasteiger partial charge in [-0.2, -0.15) is 0 Å². The molecule has 0 bridgehead atoms. The number of hydrogen-bond donors (Lipinski definition) is 2. The summed E-state index contributed by atoms with van der Waals surface area (Å²) < 4.78 is 4.79. The van der Waals surface area contributed by atoms with E-state index >= 15 is 0 Å². The summed E-state index contributed by atoms with van der Waals surface area (Å²) in [6.45, 7) is 1.78. The highest BCUT2D eigenvalue weighted by Gasteiger charge is 2.22. The summed E-state index contributed by atoms with van der Waals surface area (Å²) >= 11 is 0. The van der Waals surface area contributed by atoms with E-state index in [0.29, 0.717) is 5.69 Å². The van der Waals surface area contributed by atoms with Gasteiger partial charge in [-0.3, -0.25) is 4.79 Å². The first-order chi connectivity index (χ1) is 13.6. The van der Waals surface area contributed by atoms with E-state index in [1.807, 2.05) is 42.5 Å². The maximum absolute atomic E-state index is 12.5. The van der Waals surface area contributed by atoms with Crippen LogP contribution in [0.4, 0.5) is 0 Å². The predicted octanol–water partition coefficient (Wildman–Crippen LogP) is 3.94. The first-order valence-electron chi connectivity index (χ1n) is 9.09. The van der Waals surface area contributed by atoms with E-state index in [9.17, 15) is 14.7 Å². The summed E-state index contributed by atoms with van der Waals surface area (Å²) in [6, 6.07) is 21.3. The van der Waals surface area contributed by atoms with Gasteiger partial charge in [0, 0.05) is 11.3 Å². The molecule has 0 saturated carbocycles. The molecule has 0 aliphatic heterocycles. The molecule has 5 heteroatoms. The molecule has 0 radical (unpaired) electrons. The fraction of sp³-hybridized carbons (Fsp3) is 0.130. The van der Waals surface area contributed by atoms with Crippen LogP contribution in [0.15, 0.2) is 71.5 Å². The van der Waals surface area contributed by atoms with Crippen molar-refractivity contribution in [3.05, 3.63) is 82.6 Å². The van der Waals surface area contributed by atoms with Crippen LogP contribution in [-0.2, 0) is 9.53 Å². The van der Waals surface area contributed by atoms with Gasteiger partial charge in [0.25, 0.3) is 5.56 Å². The maximum atomic E-state index is 12.5. The number of aliphatic hydroxyl groups is 1. The molecule has 140 valence electrons. The van der Waals surface area contributed by atoms with E-state index < -0.39 is 17.6 Å². The Labute approximate surface area is 161 Å². The highest BCUT2D eigenvalue weighted by atomic mass is 16.5. The van der Waals surface area contributed by atoms with Crippen LogP contribution in [0.1, 0.15) is 18.6 Å². The number of rotatable bonds is 4. The van der Waals surface area contributed by atoms with Gasteiger partial charge >= 0.3 is 5.97 Å². The molecule has 0 amide bonds. The van der Waals surface area contributed by atoms with E-state index in [2.05, 4.69) is 17.1 Å². The molecule has 5 nitrogen and oxygen atoms in total. The summed E-state index contributed by atoms with van der Waals surface area (Å²) in [5.41, 5.74) is 0.943. The number of pyridine rings is 1. The minimum absolute atomic E-state index is 0.0349. The lowest BCUT2D eigenvalue weighted by atomic mass is 9.95. The lowest BCUT2D eigenvalue weighted by molar-refractivity contribution is -0.153. The number of fused-ring (bicyclic) bond motifs is 3. The van der Waals surface area contributed by atoms with Crippen LogP contribution in [0.5, 0.6) is 0 Å². The number of H-pyrrole nitrogens is 1. The number of ether oxygens (including phenoxy) is 1. The Morgan fingerprint density at radius 3 is 2.39 bits per heavy atom. The lowest BCUT2D eigenvalue weighted by Gasteiger charge is -2.13. The van der Waals surface area contributed by atoms with Crippen molar-refractivity contribution in [2.24, 2.45) is 0 Å². The van der Waals surface area contributed by atoms with Gasteiger partial charge in [0.15, 0.2) is 6.10 Å². The molecule has 0 spiro atoms. The zero-order valence-electron chi connectivity index (χ0n) is 15.3. The van der Waals surface area contributed by atoms with E-state index in [0.717, 1.165) is 27.1 Å². The highest BCUT2D eigenvalue weighted by molar-refractivity contribution is 6.13. The minimum Gasteiger partial charge on any atom is -0.464 e. The van der Waals surface area contributed by atoms with Gasteiger partial charge in [-0.1, -0.05) is 48.5 Å². The lowest BCUT2D eigenvalue weighted by Crippen LogP contribution is -2.23. The van der Waals surface area contributed by atoms with Gasteiger partial charge in [0.05, 0.1) is 12.2 Å². The Hall–Kier alpha value is -3.44. The van der Waals surface area contributed by atoms with E-state index in [1.54, 1.807) is 13.0 Å². The van der Waals surface area contributed by atoms with Gasteiger partial charge in [-0.15, -0.1) is 0 Å². The third-order valence-electron chi connectivity index (χ3n) is 4.80. The number of esters is 1. The second-order valence-electron chi connectivity index (χ2n) is 6.50. The zero-order valence-corrected chi connectivity index (χ0v) is 15.3. The Kier molecular flexibility index (Phi) is 4.67. The molecule has 1 atom stereocenters. The average Bonchev–Trinajstić information content (AvgIpc) is 2.73. The third kappa shape index (κ3) is 3.06. The van der Waals surface area contributed by atoms with Gasteiger partial charge in [0.1, 0.15) is 0 Å². The summed E-state index contributed by atoms with van der Waals surface area (Å²) in [5, 5.41) is 14.4. The normalized spacial score (nSPS) is 12.2. The summed E-state index contributed by atoms with van der Waals surface area (Å²) in [6.07, 6.45) is -1.61. The Morgan fingerprint density at radius 2 is 1.68 bits per heavy atom. The summed E-state index contributed by atoms with van der Waals surface area (Å²) in [7, 11) is 0. The van der Waals surface area contributed by atoms with Crippen LogP contribution in [0, 0.1) is 0 Å². The number of aliphatic hydroxyl groups excluding tert-OH is 1. The molecule has 3 aromatic carbocycles. The summed E-state index contributed by atoms with van der Waals surface area (Å²) in [5.74, 6) is -0.836. The molecular formula is C23H19NO4. The molecule has 0 aliphatic carbocycles. The molecule has 4 rings (SSSR count). The number of nitrogens with one attached hydrogen (secondary N) is 1. The molecule has 0 saturated heterocycles. The van der Waals surface area contributed by atoms with Crippen molar-refractivity contribution in [1.29, 1.82) is 0 Å². The number of aromatic amines is 1. The molecule has 1 aromatic heterocycles. The quantitative estimate of drug-likeness (QED) is 0.419. The van der Waals surface area contributed by atoms with Crippen molar-refractivity contribution < 1.29 is 14.6 Å². The fourth-order valence-corrected chi connectivity index (χ4v) is 3.48. The molecule has 1 unspecified atom stereocenters. The molecule has 0 fully saturated rings. The van der Waals surface area contributed by atoms with Gasteiger partial charge in [0.2, 0.25) is 0 Å². The first kappa shape index (κ1) is 17.9.